The Morgan fingerprint density at radius 2 is 2.05 bits per heavy atom. The minimum Gasteiger partial charge on any atom is -0.497 e. The fourth-order valence-electron chi connectivity index (χ4n) is 2.68. The average Bonchev–Trinajstić information content (AvgIpc) is 3.30. The normalized spacial score (nSPS) is 14.2. The molecular formula is C16H21N3O2. The van der Waals surface area contributed by atoms with Crippen LogP contribution in [0.2, 0.25) is 0 Å². The van der Waals surface area contributed by atoms with Gasteiger partial charge in [0, 0.05) is 24.1 Å². The van der Waals surface area contributed by atoms with Crippen molar-refractivity contribution in [2.24, 2.45) is 0 Å². The zero-order chi connectivity index (χ0) is 15.0. The van der Waals surface area contributed by atoms with Crippen LogP contribution >= 0.6 is 0 Å². The van der Waals surface area contributed by atoms with Crippen molar-refractivity contribution in [2.75, 3.05) is 20.0 Å². The first kappa shape index (κ1) is 13.8. The third-order valence-electron chi connectivity index (χ3n) is 3.91. The third kappa shape index (κ3) is 2.33. The van der Waals surface area contributed by atoms with E-state index in [9.17, 15) is 0 Å². The van der Waals surface area contributed by atoms with Gasteiger partial charge in [-0.05, 0) is 25.0 Å². The molecule has 5 nitrogen and oxygen atoms in total. The first-order valence-corrected chi connectivity index (χ1v) is 7.28. The van der Waals surface area contributed by atoms with Gasteiger partial charge in [0.2, 0.25) is 0 Å². The third-order valence-corrected chi connectivity index (χ3v) is 3.91. The summed E-state index contributed by atoms with van der Waals surface area (Å²) in [6, 6.07) is 6.23. The number of anilines is 1. The molecule has 2 N–H and O–H groups in total. The highest BCUT2D eigenvalue weighted by Crippen LogP contribution is 2.43. The summed E-state index contributed by atoms with van der Waals surface area (Å²) in [6.07, 6.45) is 3.25. The molecule has 0 amide bonds. The standard InChI is InChI=1S/C16H21N3O2/c1-4-14-18-15(16(17)19(14)10-5-6-10)12-8-7-11(20-2)9-13(12)21-3/h7-10H,4-6,17H2,1-3H3. The molecule has 2 aromatic rings. The van der Waals surface area contributed by atoms with Gasteiger partial charge >= 0.3 is 0 Å². The van der Waals surface area contributed by atoms with E-state index >= 15 is 0 Å². The molecule has 1 aromatic heterocycles. The smallest absolute Gasteiger partial charge is 0.132 e. The van der Waals surface area contributed by atoms with Crippen LogP contribution in [0.1, 0.15) is 31.6 Å². The Balaban J connectivity index is 2.12. The molecule has 1 fully saturated rings. The molecule has 0 unspecified atom stereocenters. The molecule has 0 aliphatic heterocycles. The van der Waals surface area contributed by atoms with Crippen LogP contribution in [-0.2, 0) is 6.42 Å². The zero-order valence-corrected chi connectivity index (χ0v) is 12.7. The summed E-state index contributed by atoms with van der Waals surface area (Å²) in [4.78, 5) is 4.74. The van der Waals surface area contributed by atoms with Gasteiger partial charge in [-0.15, -0.1) is 0 Å². The first-order valence-electron chi connectivity index (χ1n) is 7.28. The van der Waals surface area contributed by atoms with Gasteiger partial charge in [-0.25, -0.2) is 4.98 Å². The maximum Gasteiger partial charge on any atom is 0.132 e. The number of ether oxygens (including phenoxy) is 2. The predicted octanol–water partition coefficient (Wildman–Crippen LogP) is 3.05. The van der Waals surface area contributed by atoms with Gasteiger partial charge < -0.3 is 19.8 Å². The van der Waals surface area contributed by atoms with Gasteiger partial charge in [0.1, 0.15) is 28.8 Å². The maximum absolute atomic E-state index is 6.36. The number of nitrogen functional groups attached to an aromatic ring is 1. The van der Waals surface area contributed by atoms with Crippen molar-refractivity contribution in [3.05, 3.63) is 24.0 Å². The Labute approximate surface area is 124 Å². The minimum absolute atomic E-state index is 0.519. The van der Waals surface area contributed by atoms with Gasteiger partial charge in [-0.2, -0.15) is 0 Å². The number of imidazole rings is 1. The number of aryl methyl sites for hydroxylation is 1. The van der Waals surface area contributed by atoms with Crippen molar-refractivity contribution in [3.63, 3.8) is 0 Å². The lowest BCUT2D eigenvalue weighted by Crippen LogP contribution is -2.04. The maximum atomic E-state index is 6.36. The Morgan fingerprint density at radius 1 is 1.29 bits per heavy atom. The van der Waals surface area contributed by atoms with Gasteiger partial charge in [-0.1, -0.05) is 6.92 Å². The topological polar surface area (TPSA) is 62.3 Å². The second kappa shape index (κ2) is 5.31. The highest BCUT2D eigenvalue weighted by Gasteiger charge is 2.30. The van der Waals surface area contributed by atoms with E-state index in [4.69, 9.17) is 20.2 Å². The van der Waals surface area contributed by atoms with Crippen LogP contribution in [0.3, 0.4) is 0 Å². The minimum atomic E-state index is 0.519. The van der Waals surface area contributed by atoms with Crippen LogP contribution in [-0.4, -0.2) is 23.8 Å². The summed E-state index contributed by atoms with van der Waals surface area (Å²) in [5.41, 5.74) is 8.07. The van der Waals surface area contributed by atoms with Gasteiger partial charge in [0.15, 0.2) is 0 Å². The number of hydrogen-bond donors (Lipinski definition) is 1. The molecule has 0 radical (unpaired) electrons. The van der Waals surface area contributed by atoms with E-state index in [1.165, 1.54) is 12.8 Å². The number of nitrogens with two attached hydrogens (primary N) is 1. The number of rotatable bonds is 5. The quantitative estimate of drug-likeness (QED) is 0.918. The molecule has 1 aliphatic rings. The second-order valence-electron chi connectivity index (χ2n) is 5.28. The molecule has 1 aromatic carbocycles. The molecule has 0 spiro atoms. The summed E-state index contributed by atoms with van der Waals surface area (Å²) in [5, 5.41) is 0. The lowest BCUT2D eigenvalue weighted by molar-refractivity contribution is 0.395. The molecule has 3 rings (SSSR count). The van der Waals surface area contributed by atoms with E-state index in [0.29, 0.717) is 6.04 Å². The van der Waals surface area contributed by atoms with Crippen molar-refractivity contribution in [1.29, 1.82) is 0 Å². The summed E-state index contributed by atoms with van der Waals surface area (Å²) < 4.78 is 12.9. The summed E-state index contributed by atoms with van der Waals surface area (Å²) in [7, 11) is 3.28. The summed E-state index contributed by atoms with van der Waals surface area (Å²) in [6.45, 7) is 2.11. The summed E-state index contributed by atoms with van der Waals surface area (Å²) in [5.74, 6) is 3.26. The van der Waals surface area contributed by atoms with Crippen LogP contribution in [0.4, 0.5) is 5.82 Å². The Kier molecular flexibility index (Phi) is 3.49. The number of aromatic nitrogens is 2. The highest BCUT2D eigenvalue weighted by atomic mass is 16.5. The van der Waals surface area contributed by atoms with E-state index < -0.39 is 0 Å². The van der Waals surface area contributed by atoms with E-state index in [2.05, 4.69) is 11.5 Å². The average molecular weight is 287 g/mol. The SMILES string of the molecule is CCc1nc(-c2ccc(OC)cc2OC)c(N)n1C1CC1. The van der Waals surface area contributed by atoms with Crippen LogP contribution in [0.25, 0.3) is 11.3 Å². The van der Waals surface area contributed by atoms with Gasteiger partial charge in [0.05, 0.1) is 14.2 Å². The molecule has 0 atom stereocenters. The monoisotopic (exact) mass is 287 g/mol. The number of benzene rings is 1. The fraction of sp³-hybridized carbons (Fsp3) is 0.438. The Morgan fingerprint density at radius 3 is 2.62 bits per heavy atom. The number of hydrogen-bond acceptors (Lipinski definition) is 4. The molecule has 1 aliphatic carbocycles. The predicted molar refractivity (Wildman–Crippen MR) is 82.8 cm³/mol. The van der Waals surface area contributed by atoms with E-state index in [0.717, 1.165) is 40.8 Å². The van der Waals surface area contributed by atoms with Crippen molar-refractivity contribution < 1.29 is 9.47 Å². The second-order valence-corrected chi connectivity index (χ2v) is 5.28. The largest absolute Gasteiger partial charge is 0.497 e. The molecule has 21 heavy (non-hydrogen) atoms. The molecule has 0 saturated heterocycles. The van der Waals surface area contributed by atoms with Crippen molar-refractivity contribution >= 4 is 5.82 Å². The molecule has 1 heterocycles. The molecule has 5 heteroatoms. The van der Waals surface area contributed by atoms with E-state index in [1.807, 2.05) is 18.2 Å². The van der Waals surface area contributed by atoms with Crippen LogP contribution < -0.4 is 15.2 Å². The van der Waals surface area contributed by atoms with E-state index in [1.54, 1.807) is 14.2 Å². The van der Waals surface area contributed by atoms with E-state index in [-0.39, 0.29) is 0 Å². The highest BCUT2D eigenvalue weighted by molar-refractivity contribution is 5.77. The summed E-state index contributed by atoms with van der Waals surface area (Å²) >= 11 is 0. The van der Waals surface area contributed by atoms with Crippen molar-refractivity contribution in [1.82, 2.24) is 9.55 Å². The van der Waals surface area contributed by atoms with Gasteiger partial charge in [0.25, 0.3) is 0 Å². The Hall–Kier alpha value is -2.17. The molecule has 1 saturated carbocycles. The lowest BCUT2D eigenvalue weighted by atomic mass is 10.1. The first-order chi connectivity index (χ1) is 10.2. The van der Waals surface area contributed by atoms with Gasteiger partial charge in [-0.3, -0.25) is 0 Å². The van der Waals surface area contributed by atoms with Crippen molar-refractivity contribution in [2.45, 2.75) is 32.2 Å². The fourth-order valence-corrected chi connectivity index (χ4v) is 2.68. The van der Waals surface area contributed by atoms with Crippen molar-refractivity contribution in [3.8, 4) is 22.8 Å². The van der Waals surface area contributed by atoms with Crippen LogP contribution in [0.5, 0.6) is 11.5 Å². The Bertz CT molecular complexity index is 660. The number of methoxy groups -OCH3 is 2. The molecule has 112 valence electrons. The lowest BCUT2D eigenvalue weighted by Gasteiger charge is -2.10. The molecular weight excluding hydrogens is 266 g/mol. The van der Waals surface area contributed by atoms with Crippen LogP contribution in [0.15, 0.2) is 18.2 Å². The molecule has 0 bridgehead atoms. The van der Waals surface area contributed by atoms with Crippen LogP contribution in [0, 0.1) is 0 Å². The number of nitrogens with zero attached hydrogens (tertiary/aromatic N) is 2. The zero-order valence-electron chi connectivity index (χ0n) is 12.7.